The third-order valence-corrected chi connectivity index (χ3v) is 4.26. The third kappa shape index (κ3) is 4.50. The Balaban J connectivity index is 1.63. The van der Waals surface area contributed by atoms with Crippen LogP contribution in [0.25, 0.3) is 0 Å². The number of nitrogens with zero attached hydrogens (tertiary/aromatic N) is 1. The van der Waals surface area contributed by atoms with Crippen LogP contribution in [0.2, 0.25) is 10.0 Å². The summed E-state index contributed by atoms with van der Waals surface area (Å²) in [4.78, 5) is 16.5. The Morgan fingerprint density at radius 1 is 0.920 bits per heavy atom. The van der Waals surface area contributed by atoms with Crippen LogP contribution in [0.1, 0.15) is 15.9 Å². The molecule has 1 aromatic heterocycles. The normalized spacial score (nSPS) is 10.3. The van der Waals surface area contributed by atoms with E-state index < -0.39 is 0 Å². The summed E-state index contributed by atoms with van der Waals surface area (Å²) in [5, 5.41) is 7.13. The molecule has 0 saturated heterocycles. The maximum Gasteiger partial charge on any atom is 0.257 e. The highest BCUT2D eigenvalue weighted by Crippen LogP contribution is 2.21. The zero-order chi connectivity index (χ0) is 17.6. The van der Waals surface area contributed by atoms with E-state index in [1.807, 2.05) is 30.3 Å². The van der Waals surface area contributed by atoms with Crippen molar-refractivity contribution in [3.8, 4) is 0 Å². The molecule has 25 heavy (non-hydrogen) atoms. The van der Waals surface area contributed by atoms with E-state index in [0.717, 1.165) is 5.56 Å². The lowest BCUT2D eigenvalue weighted by Gasteiger charge is -2.09. The molecule has 0 spiro atoms. The number of para-hydroxylation sites is 1. The standard InChI is InChI=1S/C19H15Cl2N3O/c20-15-6-2-1-5-13(15)11-22-18-10-9-14(12-23-18)19(25)24-17-8-4-3-7-16(17)21/h1-10,12H,11H2,(H,22,23)(H,24,25). The Morgan fingerprint density at radius 3 is 2.32 bits per heavy atom. The topological polar surface area (TPSA) is 54.0 Å². The van der Waals surface area contributed by atoms with Crippen LogP contribution in [0.5, 0.6) is 0 Å². The molecule has 1 amide bonds. The molecule has 0 bridgehead atoms. The van der Waals surface area contributed by atoms with E-state index in [1.54, 1.807) is 30.3 Å². The van der Waals surface area contributed by atoms with Crippen LogP contribution in [-0.4, -0.2) is 10.9 Å². The molecule has 3 rings (SSSR count). The highest BCUT2D eigenvalue weighted by molar-refractivity contribution is 6.33. The highest BCUT2D eigenvalue weighted by atomic mass is 35.5. The largest absolute Gasteiger partial charge is 0.366 e. The maximum absolute atomic E-state index is 12.3. The number of anilines is 2. The molecular weight excluding hydrogens is 357 g/mol. The van der Waals surface area contributed by atoms with Gasteiger partial charge >= 0.3 is 0 Å². The molecule has 2 aromatic carbocycles. The van der Waals surface area contributed by atoms with Crippen LogP contribution in [-0.2, 0) is 6.54 Å². The molecule has 0 aliphatic rings. The summed E-state index contributed by atoms with van der Waals surface area (Å²) in [6, 6.07) is 18.1. The molecule has 0 saturated carbocycles. The van der Waals surface area contributed by atoms with E-state index in [1.165, 1.54) is 6.20 Å². The molecule has 0 fully saturated rings. The smallest absolute Gasteiger partial charge is 0.257 e. The Kier molecular flexibility index (Phi) is 5.53. The SMILES string of the molecule is O=C(Nc1ccccc1Cl)c1ccc(NCc2ccccc2Cl)nc1. The van der Waals surface area contributed by atoms with E-state index >= 15 is 0 Å². The highest BCUT2D eigenvalue weighted by Gasteiger charge is 2.09. The number of pyridine rings is 1. The van der Waals surface area contributed by atoms with Crippen LogP contribution in [0.15, 0.2) is 66.9 Å². The van der Waals surface area contributed by atoms with Crippen LogP contribution in [0, 0.1) is 0 Å². The Labute approximate surface area is 155 Å². The Morgan fingerprint density at radius 2 is 1.64 bits per heavy atom. The molecule has 0 unspecified atom stereocenters. The Bertz CT molecular complexity index is 882. The van der Waals surface area contributed by atoms with Gasteiger partial charge < -0.3 is 10.6 Å². The molecule has 0 aliphatic carbocycles. The van der Waals surface area contributed by atoms with Gasteiger partial charge in [0.1, 0.15) is 5.82 Å². The minimum absolute atomic E-state index is 0.266. The van der Waals surface area contributed by atoms with E-state index in [4.69, 9.17) is 23.2 Å². The second-order valence-corrected chi connectivity index (χ2v) is 6.13. The van der Waals surface area contributed by atoms with Crippen LogP contribution in [0.4, 0.5) is 11.5 Å². The van der Waals surface area contributed by atoms with Gasteiger partial charge in [0.05, 0.1) is 16.3 Å². The average molecular weight is 372 g/mol. The molecular formula is C19H15Cl2N3O. The van der Waals surface area contributed by atoms with Crippen molar-refractivity contribution in [1.29, 1.82) is 0 Å². The Hall–Kier alpha value is -2.56. The molecule has 4 nitrogen and oxygen atoms in total. The average Bonchev–Trinajstić information content (AvgIpc) is 2.63. The minimum Gasteiger partial charge on any atom is -0.366 e. The fraction of sp³-hybridized carbons (Fsp3) is 0.0526. The van der Waals surface area contributed by atoms with Crippen molar-refractivity contribution in [1.82, 2.24) is 4.98 Å². The van der Waals surface area contributed by atoms with Gasteiger partial charge in [-0.1, -0.05) is 53.5 Å². The summed E-state index contributed by atoms with van der Waals surface area (Å²) in [6.07, 6.45) is 1.51. The van der Waals surface area contributed by atoms with Gasteiger partial charge in [-0.25, -0.2) is 4.98 Å². The van der Waals surface area contributed by atoms with Crippen LogP contribution < -0.4 is 10.6 Å². The fourth-order valence-electron chi connectivity index (χ4n) is 2.22. The first kappa shape index (κ1) is 17.3. The zero-order valence-corrected chi connectivity index (χ0v) is 14.7. The quantitative estimate of drug-likeness (QED) is 0.643. The van der Waals surface area contributed by atoms with Gasteiger partial charge in [0.15, 0.2) is 0 Å². The predicted octanol–water partition coefficient (Wildman–Crippen LogP) is 5.25. The first-order valence-corrected chi connectivity index (χ1v) is 8.38. The van der Waals surface area contributed by atoms with Crippen molar-refractivity contribution in [2.75, 3.05) is 10.6 Å². The van der Waals surface area contributed by atoms with Gasteiger partial charge in [0.2, 0.25) is 0 Å². The van der Waals surface area contributed by atoms with Crippen molar-refractivity contribution < 1.29 is 4.79 Å². The molecule has 126 valence electrons. The van der Waals surface area contributed by atoms with Crippen molar-refractivity contribution in [2.45, 2.75) is 6.54 Å². The van der Waals surface area contributed by atoms with Gasteiger partial charge in [-0.15, -0.1) is 0 Å². The second kappa shape index (κ2) is 8.01. The van der Waals surface area contributed by atoms with E-state index in [9.17, 15) is 4.79 Å². The molecule has 3 aromatic rings. The van der Waals surface area contributed by atoms with Gasteiger partial charge in [-0.3, -0.25) is 4.79 Å². The summed E-state index contributed by atoms with van der Waals surface area (Å²) in [5.41, 5.74) is 1.99. The van der Waals surface area contributed by atoms with Crippen LogP contribution in [0.3, 0.4) is 0 Å². The first-order chi connectivity index (χ1) is 12.1. The minimum atomic E-state index is -0.266. The van der Waals surface area contributed by atoms with Crippen molar-refractivity contribution in [2.24, 2.45) is 0 Å². The zero-order valence-electron chi connectivity index (χ0n) is 13.2. The number of aromatic nitrogens is 1. The number of benzene rings is 2. The lowest BCUT2D eigenvalue weighted by molar-refractivity contribution is 0.102. The predicted molar refractivity (Wildman–Crippen MR) is 102 cm³/mol. The molecule has 1 heterocycles. The number of carbonyl (C=O) groups is 1. The van der Waals surface area contributed by atoms with Gasteiger partial charge in [0.25, 0.3) is 5.91 Å². The summed E-state index contributed by atoms with van der Waals surface area (Å²) >= 11 is 12.2. The number of amides is 1. The molecule has 2 N–H and O–H groups in total. The third-order valence-electron chi connectivity index (χ3n) is 3.57. The number of carbonyl (C=O) groups excluding carboxylic acids is 1. The first-order valence-electron chi connectivity index (χ1n) is 7.63. The van der Waals surface area contributed by atoms with Crippen molar-refractivity contribution in [3.05, 3.63) is 88.0 Å². The summed E-state index contributed by atoms with van der Waals surface area (Å²) in [6.45, 7) is 0.553. The molecule has 0 atom stereocenters. The fourth-order valence-corrected chi connectivity index (χ4v) is 2.60. The lowest BCUT2D eigenvalue weighted by atomic mass is 10.2. The summed E-state index contributed by atoms with van der Waals surface area (Å²) in [5.74, 6) is 0.396. The van der Waals surface area contributed by atoms with E-state index in [-0.39, 0.29) is 5.91 Å². The van der Waals surface area contributed by atoms with Crippen molar-refractivity contribution >= 4 is 40.6 Å². The van der Waals surface area contributed by atoms with E-state index in [2.05, 4.69) is 15.6 Å². The number of halogens is 2. The van der Waals surface area contributed by atoms with Crippen LogP contribution >= 0.6 is 23.2 Å². The van der Waals surface area contributed by atoms with Gasteiger partial charge in [-0.05, 0) is 35.9 Å². The number of hydrogen-bond acceptors (Lipinski definition) is 3. The monoisotopic (exact) mass is 371 g/mol. The van der Waals surface area contributed by atoms with Gasteiger partial charge in [0, 0.05) is 17.8 Å². The molecule has 0 aliphatic heterocycles. The summed E-state index contributed by atoms with van der Waals surface area (Å²) < 4.78 is 0. The molecule has 6 heteroatoms. The van der Waals surface area contributed by atoms with Gasteiger partial charge in [-0.2, -0.15) is 0 Å². The maximum atomic E-state index is 12.3. The number of hydrogen-bond donors (Lipinski definition) is 2. The van der Waals surface area contributed by atoms with Crippen molar-refractivity contribution in [3.63, 3.8) is 0 Å². The number of rotatable bonds is 5. The second-order valence-electron chi connectivity index (χ2n) is 5.31. The number of nitrogens with one attached hydrogen (secondary N) is 2. The lowest BCUT2D eigenvalue weighted by Crippen LogP contribution is -2.12. The van der Waals surface area contributed by atoms with E-state index in [0.29, 0.717) is 33.7 Å². The summed E-state index contributed by atoms with van der Waals surface area (Å²) in [7, 11) is 0. The molecule has 0 radical (unpaired) electrons.